The van der Waals surface area contributed by atoms with Gasteiger partial charge in [-0.1, -0.05) is 102 Å². The van der Waals surface area contributed by atoms with Gasteiger partial charge in [0.2, 0.25) is 0 Å². The third-order valence-electron chi connectivity index (χ3n) is 1.55. The van der Waals surface area contributed by atoms with Crippen molar-refractivity contribution in [3.05, 3.63) is 60.8 Å². The lowest BCUT2D eigenvalue weighted by atomic mass is 10.1. The molecule has 0 saturated heterocycles. The van der Waals surface area contributed by atoms with Crippen molar-refractivity contribution in [1.82, 2.24) is 0 Å². The highest BCUT2D eigenvalue weighted by Crippen LogP contribution is 2.09. The van der Waals surface area contributed by atoms with Gasteiger partial charge in [-0.15, -0.1) is 0 Å². The topological polar surface area (TPSA) is 0 Å². The maximum Gasteiger partial charge on any atom is -0.00726 e. The molecule has 0 aromatic carbocycles. The summed E-state index contributed by atoms with van der Waals surface area (Å²) in [7, 11) is 0. The van der Waals surface area contributed by atoms with Crippen LogP contribution >= 0.6 is 0 Å². The van der Waals surface area contributed by atoms with E-state index >= 15 is 0 Å². The molecule has 0 N–H and O–H groups in total. The second kappa shape index (κ2) is 30.1. The van der Waals surface area contributed by atoms with Gasteiger partial charge in [-0.25, -0.2) is 0 Å². The average Bonchev–Trinajstić information content (AvgIpc) is 2.49. The van der Waals surface area contributed by atoms with Crippen LogP contribution in [0.15, 0.2) is 60.8 Å². The standard InChI is InChI=1S/C13H18.3C2H6/c1-5-7-9-12(3)11-13(4)10-8-6-2;3*1-2/h5-10H,1,3,11H2,2,4H3;3*1-2H3/b8-6-,9-7-,13-10+;;;. The van der Waals surface area contributed by atoms with Crippen molar-refractivity contribution < 1.29 is 0 Å². The Morgan fingerprint density at radius 2 is 1.42 bits per heavy atom. The van der Waals surface area contributed by atoms with E-state index in [4.69, 9.17) is 0 Å². The van der Waals surface area contributed by atoms with Gasteiger partial charge in [-0.3, -0.25) is 0 Å². The number of hydrogen-bond acceptors (Lipinski definition) is 0. The normalized spacial score (nSPS) is 9.58. The molecule has 0 aromatic heterocycles. The molecule has 0 rings (SSSR count). The molecule has 0 aliphatic carbocycles. The molecule has 0 spiro atoms. The van der Waals surface area contributed by atoms with E-state index < -0.39 is 0 Å². The summed E-state index contributed by atoms with van der Waals surface area (Å²) in [6, 6.07) is 0. The zero-order valence-electron chi connectivity index (χ0n) is 14.6. The van der Waals surface area contributed by atoms with Gasteiger partial charge in [0.1, 0.15) is 0 Å². The van der Waals surface area contributed by atoms with E-state index in [1.165, 1.54) is 5.57 Å². The fraction of sp³-hybridized carbons (Fsp3) is 0.474. The molecule has 0 unspecified atom stereocenters. The Labute approximate surface area is 123 Å². The molecule has 19 heavy (non-hydrogen) atoms. The molecule has 0 aromatic rings. The molecule has 0 saturated carbocycles. The van der Waals surface area contributed by atoms with Crippen LogP contribution in [0.2, 0.25) is 0 Å². The van der Waals surface area contributed by atoms with Crippen molar-refractivity contribution in [2.45, 2.75) is 61.8 Å². The van der Waals surface area contributed by atoms with Crippen LogP contribution in [-0.4, -0.2) is 0 Å². The van der Waals surface area contributed by atoms with Gasteiger partial charge in [0.05, 0.1) is 0 Å². The zero-order valence-corrected chi connectivity index (χ0v) is 14.6. The molecular weight excluding hydrogens is 228 g/mol. The maximum absolute atomic E-state index is 3.94. The first-order chi connectivity index (χ1) is 9.20. The lowest BCUT2D eigenvalue weighted by Gasteiger charge is -1.98. The summed E-state index contributed by atoms with van der Waals surface area (Å²) in [6.45, 7) is 23.7. The lowest BCUT2D eigenvalue weighted by Crippen LogP contribution is -1.78. The predicted octanol–water partition coefficient (Wildman–Crippen LogP) is 7.28. The van der Waals surface area contributed by atoms with Crippen molar-refractivity contribution in [3.63, 3.8) is 0 Å². The van der Waals surface area contributed by atoms with Crippen molar-refractivity contribution in [2.24, 2.45) is 0 Å². The molecule has 0 aliphatic heterocycles. The molecule has 0 atom stereocenters. The summed E-state index contributed by atoms with van der Waals surface area (Å²) < 4.78 is 0. The lowest BCUT2D eigenvalue weighted by molar-refractivity contribution is 1.16. The molecular formula is C19H36. The molecule has 0 bridgehead atoms. The Kier molecular flexibility index (Phi) is 41.6. The van der Waals surface area contributed by atoms with E-state index in [0.29, 0.717) is 0 Å². The van der Waals surface area contributed by atoms with Gasteiger partial charge in [0.25, 0.3) is 0 Å². The fourth-order valence-corrected chi connectivity index (χ4v) is 0.941. The molecule has 0 nitrogen and oxygen atoms in total. The van der Waals surface area contributed by atoms with Gasteiger partial charge in [-0.2, -0.15) is 0 Å². The minimum atomic E-state index is 0.925. The van der Waals surface area contributed by atoms with Crippen LogP contribution in [0.3, 0.4) is 0 Å². The second-order valence-corrected chi connectivity index (χ2v) is 2.97. The van der Waals surface area contributed by atoms with Crippen LogP contribution in [0.4, 0.5) is 0 Å². The molecule has 0 heteroatoms. The fourth-order valence-electron chi connectivity index (χ4n) is 0.941. The van der Waals surface area contributed by atoms with E-state index in [0.717, 1.165) is 12.0 Å². The van der Waals surface area contributed by atoms with Gasteiger partial charge in [0.15, 0.2) is 0 Å². The van der Waals surface area contributed by atoms with E-state index in [1.807, 2.05) is 72.8 Å². The number of hydrogen-bond donors (Lipinski definition) is 0. The van der Waals surface area contributed by atoms with Crippen molar-refractivity contribution in [2.75, 3.05) is 0 Å². The Balaban J connectivity index is -0.000000163. The molecule has 0 aliphatic rings. The van der Waals surface area contributed by atoms with Crippen LogP contribution in [0, 0.1) is 0 Å². The third-order valence-corrected chi connectivity index (χ3v) is 1.55. The SMILES string of the molecule is C=C/C=C\C(=C)C/C(C)=C/C=C\C.CC.CC.CC. The minimum absolute atomic E-state index is 0.925. The predicted molar refractivity (Wildman–Crippen MR) is 95.7 cm³/mol. The van der Waals surface area contributed by atoms with Gasteiger partial charge in [-0.05, 0) is 20.3 Å². The van der Waals surface area contributed by atoms with Crippen molar-refractivity contribution in [3.8, 4) is 0 Å². The minimum Gasteiger partial charge on any atom is -0.0991 e. The first-order valence-electron chi connectivity index (χ1n) is 7.46. The number of rotatable bonds is 5. The van der Waals surface area contributed by atoms with Gasteiger partial charge < -0.3 is 0 Å². The quantitative estimate of drug-likeness (QED) is 0.458. The third kappa shape index (κ3) is 31.5. The van der Waals surface area contributed by atoms with Gasteiger partial charge in [0, 0.05) is 0 Å². The Morgan fingerprint density at radius 1 is 0.947 bits per heavy atom. The summed E-state index contributed by atoms with van der Waals surface area (Å²) in [6.07, 6.45) is 12.7. The molecule has 112 valence electrons. The summed E-state index contributed by atoms with van der Waals surface area (Å²) >= 11 is 0. The Bertz CT molecular complexity index is 249. The highest BCUT2D eigenvalue weighted by molar-refractivity contribution is 5.25. The van der Waals surface area contributed by atoms with Gasteiger partial charge >= 0.3 is 0 Å². The second-order valence-electron chi connectivity index (χ2n) is 2.97. The average molecular weight is 264 g/mol. The largest absolute Gasteiger partial charge is 0.0991 e. The first kappa shape index (κ1) is 26.3. The van der Waals surface area contributed by atoms with Crippen molar-refractivity contribution in [1.29, 1.82) is 0 Å². The van der Waals surface area contributed by atoms with E-state index in [1.54, 1.807) is 6.08 Å². The molecule has 0 amide bonds. The van der Waals surface area contributed by atoms with E-state index in [9.17, 15) is 0 Å². The van der Waals surface area contributed by atoms with Crippen LogP contribution in [0.1, 0.15) is 61.8 Å². The highest BCUT2D eigenvalue weighted by Gasteiger charge is 1.89. The van der Waals surface area contributed by atoms with E-state index in [2.05, 4.69) is 26.2 Å². The smallest absolute Gasteiger partial charge is 0.00726 e. The molecule has 0 fully saturated rings. The molecule has 0 radical (unpaired) electrons. The molecule has 0 heterocycles. The zero-order chi connectivity index (χ0) is 16.1. The van der Waals surface area contributed by atoms with Crippen LogP contribution < -0.4 is 0 Å². The Morgan fingerprint density at radius 3 is 1.79 bits per heavy atom. The summed E-state index contributed by atoms with van der Waals surface area (Å²) in [5.41, 5.74) is 2.43. The summed E-state index contributed by atoms with van der Waals surface area (Å²) in [4.78, 5) is 0. The van der Waals surface area contributed by atoms with Crippen LogP contribution in [-0.2, 0) is 0 Å². The first-order valence-corrected chi connectivity index (χ1v) is 7.46. The van der Waals surface area contributed by atoms with Crippen LogP contribution in [0.5, 0.6) is 0 Å². The summed E-state index contributed by atoms with van der Waals surface area (Å²) in [5, 5.41) is 0. The summed E-state index contributed by atoms with van der Waals surface area (Å²) in [5.74, 6) is 0. The number of allylic oxidation sites excluding steroid dienone is 8. The van der Waals surface area contributed by atoms with Crippen LogP contribution in [0.25, 0.3) is 0 Å². The Hall–Kier alpha value is -1.30. The maximum atomic E-state index is 3.94. The van der Waals surface area contributed by atoms with E-state index in [-0.39, 0.29) is 0 Å². The van der Waals surface area contributed by atoms with Crippen molar-refractivity contribution >= 4 is 0 Å². The highest BCUT2D eigenvalue weighted by atomic mass is 14.0. The monoisotopic (exact) mass is 264 g/mol.